The zero-order valence-corrected chi connectivity index (χ0v) is 16.4. The van der Waals surface area contributed by atoms with E-state index in [2.05, 4.69) is 13.8 Å². The second kappa shape index (κ2) is 14.1. The molecule has 0 aromatic rings. The van der Waals surface area contributed by atoms with E-state index in [9.17, 15) is 9.59 Å². The smallest absolute Gasteiger partial charge is 0.309 e. The molecule has 0 aromatic carbocycles. The number of carbonyl (C=O) groups is 2. The summed E-state index contributed by atoms with van der Waals surface area (Å²) in [6.07, 6.45) is 13.3. The molecule has 1 fully saturated rings. The van der Waals surface area contributed by atoms with Crippen molar-refractivity contribution in [3.63, 3.8) is 0 Å². The molecule has 2 atom stereocenters. The molecule has 4 heteroatoms. The maximum atomic E-state index is 12.5. The van der Waals surface area contributed by atoms with Crippen LogP contribution in [-0.2, 0) is 19.1 Å². The molecule has 0 saturated heterocycles. The molecular formula is C21H38O4. The van der Waals surface area contributed by atoms with Crippen LogP contribution in [0.4, 0.5) is 0 Å². The van der Waals surface area contributed by atoms with E-state index in [4.69, 9.17) is 9.47 Å². The minimum atomic E-state index is -0.309. The molecule has 1 saturated carbocycles. The topological polar surface area (TPSA) is 52.6 Å². The number of unbranched alkanes of at least 4 members (excludes halogenated alkanes) is 6. The lowest BCUT2D eigenvalue weighted by Gasteiger charge is -2.22. The molecular weight excluding hydrogens is 316 g/mol. The second-order valence-electron chi connectivity index (χ2n) is 7.31. The maximum Gasteiger partial charge on any atom is 0.309 e. The summed E-state index contributed by atoms with van der Waals surface area (Å²) in [4.78, 5) is 25.0. The molecule has 1 aliphatic carbocycles. The fraction of sp³-hybridized carbons (Fsp3) is 0.905. The Bertz CT molecular complexity index is 333. The van der Waals surface area contributed by atoms with Crippen molar-refractivity contribution in [2.75, 3.05) is 13.2 Å². The first-order valence-corrected chi connectivity index (χ1v) is 10.5. The Kier molecular flexibility index (Phi) is 12.4. The van der Waals surface area contributed by atoms with E-state index in [1.807, 2.05) is 0 Å². The number of esters is 2. The van der Waals surface area contributed by atoms with Gasteiger partial charge >= 0.3 is 11.9 Å². The van der Waals surface area contributed by atoms with Crippen LogP contribution in [0.15, 0.2) is 0 Å². The monoisotopic (exact) mass is 354 g/mol. The standard InChI is InChI=1S/C21H38O4/c1-3-5-7-12-16-24-20(22)18-14-10-9-11-15-19(18)21(23)25-17-13-8-6-4-2/h18-19H,3-17H2,1-2H3. The van der Waals surface area contributed by atoms with Crippen molar-refractivity contribution in [2.45, 2.75) is 97.3 Å². The molecule has 0 radical (unpaired) electrons. The van der Waals surface area contributed by atoms with Crippen LogP contribution in [0.3, 0.4) is 0 Å². The molecule has 1 rings (SSSR count). The molecule has 0 aromatic heterocycles. The Balaban J connectivity index is 2.43. The second-order valence-corrected chi connectivity index (χ2v) is 7.31. The molecule has 0 heterocycles. The van der Waals surface area contributed by atoms with Crippen molar-refractivity contribution >= 4 is 11.9 Å². The van der Waals surface area contributed by atoms with Gasteiger partial charge in [-0.25, -0.2) is 0 Å². The highest BCUT2D eigenvalue weighted by Gasteiger charge is 2.36. The number of hydrogen-bond acceptors (Lipinski definition) is 4. The molecule has 0 aliphatic heterocycles. The van der Waals surface area contributed by atoms with Gasteiger partial charge in [-0.15, -0.1) is 0 Å². The molecule has 1 aliphatic rings. The van der Waals surface area contributed by atoms with Crippen molar-refractivity contribution in [2.24, 2.45) is 11.8 Å². The van der Waals surface area contributed by atoms with Gasteiger partial charge in [-0.2, -0.15) is 0 Å². The molecule has 0 spiro atoms. The Labute approximate surface area is 154 Å². The van der Waals surface area contributed by atoms with Crippen molar-refractivity contribution in [3.8, 4) is 0 Å². The molecule has 4 nitrogen and oxygen atoms in total. The van der Waals surface area contributed by atoms with E-state index in [0.29, 0.717) is 13.2 Å². The summed E-state index contributed by atoms with van der Waals surface area (Å²) in [5, 5.41) is 0. The summed E-state index contributed by atoms with van der Waals surface area (Å²) in [5.41, 5.74) is 0. The largest absolute Gasteiger partial charge is 0.465 e. The summed E-state index contributed by atoms with van der Waals surface area (Å²) >= 11 is 0. The van der Waals surface area contributed by atoms with Crippen molar-refractivity contribution in [1.82, 2.24) is 0 Å². The van der Waals surface area contributed by atoms with Gasteiger partial charge in [0.2, 0.25) is 0 Å². The van der Waals surface area contributed by atoms with Crippen LogP contribution in [0.2, 0.25) is 0 Å². The van der Waals surface area contributed by atoms with Gasteiger partial charge in [-0.3, -0.25) is 9.59 Å². The number of ether oxygens (including phenoxy) is 2. The summed E-state index contributed by atoms with van der Waals surface area (Å²) in [6.45, 7) is 5.29. The molecule has 0 bridgehead atoms. The molecule has 0 N–H and O–H groups in total. The quantitative estimate of drug-likeness (QED) is 0.266. The summed E-state index contributed by atoms with van der Waals surface area (Å²) in [5.74, 6) is -0.994. The van der Waals surface area contributed by atoms with Gasteiger partial charge in [-0.1, -0.05) is 71.6 Å². The van der Waals surface area contributed by atoms with E-state index in [1.54, 1.807) is 0 Å². The lowest BCUT2D eigenvalue weighted by atomic mass is 9.88. The highest BCUT2D eigenvalue weighted by atomic mass is 16.5. The van der Waals surface area contributed by atoms with Gasteiger partial charge in [0.25, 0.3) is 0 Å². The summed E-state index contributed by atoms with van der Waals surface area (Å²) < 4.78 is 10.9. The molecule has 25 heavy (non-hydrogen) atoms. The van der Waals surface area contributed by atoms with Gasteiger partial charge in [0, 0.05) is 0 Å². The highest BCUT2D eigenvalue weighted by molar-refractivity contribution is 5.82. The minimum absolute atomic E-state index is 0.189. The van der Waals surface area contributed by atoms with Crippen LogP contribution >= 0.6 is 0 Å². The van der Waals surface area contributed by atoms with Crippen LogP contribution in [-0.4, -0.2) is 25.2 Å². The van der Waals surface area contributed by atoms with E-state index < -0.39 is 0 Å². The van der Waals surface area contributed by atoms with Crippen LogP contribution in [0.1, 0.15) is 97.3 Å². The Morgan fingerprint density at radius 2 is 1.12 bits per heavy atom. The Hall–Kier alpha value is -1.06. The fourth-order valence-electron chi connectivity index (χ4n) is 3.49. The van der Waals surface area contributed by atoms with Gasteiger partial charge in [0.05, 0.1) is 25.0 Å². The van der Waals surface area contributed by atoms with Gasteiger partial charge < -0.3 is 9.47 Å². The maximum absolute atomic E-state index is 12.5. The first-order valence-electron chi connectivity index (χ1n) is 10.5. The van der Waals surface area contributed by atoms with E-state index in [-0.39, 0.29) is 23.8 Å². The van der Waals surface area contributed by atoms with Gasteiger partial charge in [0.15, 0.2) is 0 Å². The normalized spacial score (nSPS) is 20.7. The van der Waals surface area contributed by atoms with Crippen molar-refractivity contribution in [1.29, 1.82) is 0 Å². The Morgan fingerprint density at radius 1 is 0.680 bits per heavy atom. The molecule has 0 amide bonds. The van der Waals surface area contributed by atoms with E-state index >= 15 is 0 Å². The zero-order chi connectivity index (χ0) is 18.3. The lowest BCUT2D eigenvalue weighted by Crippen LogP contribution is -2.32. The highest BCUT2D eigenvalue weighted by Crippen LogP contribution is 2.31. The van der Waals surface area contributed by atoms with E-state index in [1.165, 1.54) is 25.7 Å². The third-order valence-electron chi connectivity index (χ3n) is 5.11. The number of hydrogen-bond donors (Lipinski definition) is 0. The molecule has 2 unspecified atom stereocenters. The Morgan fingerprint density at radius 3 is 1.52 bits per heavy atom. The zero-order valence-electron chi connectivity index (χ0n) is 16.4. The predicted octanol–water partition coefficient (Wildman–Crippen LogP) is 5.43. The van der Waals surface area contributed by atoms with E-state index in [0.717, 1.165) is 57.8 Å². The average molecular weight is 355 g/mol. The first kappa shape index (κ1) is 22.0. The predicted molar refractivity (Wildman–Crippen MR) is 100 cm³/mol. The third-order valence-corrected chi connectivity index (χ3v) is 5.11. The number of rotatable bonds is 12. The van der Waals surface area contributed by atoms with Gasteiger partial charge in [-0.05, 0) is 25.7 Å². The van der Waals surface area contributed by atoms with Crippen LogP contribution < -0.4 is 0 Å². The molecule has 146 valence electrons. The lowest BCUT2D eigenvalue weighted by molar-refractivity contribution is -0.161. The SMILES string of the molecule is CCCCCCOC(=O)C1CCCCCC1C(=O)OCCCCCC. The average Bonchev–Trinajstić information content (AvgIpc) is 2.87. The minimum Gasteiger partial charge on any atom is -0.465 e. The van der Waals surface area contributed by atoms with Crippen LogP contribution in [0.5, 0.6) is 0 Å². The van der Waals surface area contributed by atoms with Crippen molar-refractivity contribution < 1.29 is 19.1 Å². The van der Waals surface area contributed by atoms with Crippen LogP contribution in [0, 0.1) is 11.8 Å². The summed E-state index contributed by atoms with van der Waals surface area (Å²) in [6, 6.07) is 0. The van der Waals surface area contributed by atoms with Crippen LogP contribution in [0.25, 0.3) is 0 Å². The fourth-order valence-corrected chi connectivity index (χ4v) is 3.49. The van der Waals surface area contributed by atoms with Gasteiger partial charge in [0.1, 0.15) is 0 Å². The van der Waals surface area contributed by atoms with Crippen molar-refractivity contribution in [3.05, 3.63) is 0 Å². The third kappa shape index (κ3) is 9.27. The summed E-state index contributed by atoms with van der Waals surface area (Å²) in [7, 11) is 0. The first-order chi connectivity index (χ1) is 12.2. The number of carbonyl (C=O) groups excluding carboxylic acids is 2.